The molecule has 31 heavy (non-hydrogen) atoms. The SMILES string of the molecule is Cc1c(C(=O)N2CC(C)CC(C)C2)[nH]c2ccc(S(=O)(=O)N3CC(C)CC(C)C3)cc12. The van der Waals surface area contributed by atoms with Crippen LogP contribution < -0.4 is 0 Å². The fraction of sp³-hybridized carbons (Fsp3) is 0.625. The van der Waals surface area contributed by atoms with Gasteiger partial charge in [-0.2, -0.15) is 4.31 Å². The van der Waals surface area contributed by atoms with Crippen molar-refractivity contribution in [1.82, 2.24) is 14.2 Å². The number of likely N-dealkylation sites (tertiary alicyclic amines) is 1. The predicted octanol–water partition coefficient (Wildman–Crippen LogP) is 4.26. The van der Waals surface area contributed by atoms with E-state index < -0.39 is 10.0 Å². The largest absolute Gasteiger partial charge is 0.350 e. The maximum absolute atomic E-state index is 13.3. The summed E-state index contributed by atoms with van der Waals surface area (Å²) in [6.07, 6.45) is 2.20. The van der Waals surface area contributed by atoms with Crippen LogP contribution in [0.2, 0.25) is 0 Å². The predicted molar refractivity (Wildman–Crippen MR) is 124 cm³/mol. The zero-order chi connectivity index (χ0) is 22.5. The second-order valence-corrected chi connectivity index (χ2v) is 12.2. The Bertz CT molecular complexity index is 1070. The van der Waals surface area contributed by atoms with E-state index >= 15 is 0 Å². The minimum absolute atomic E-state index is 0.00943. The zero-order valence-electron chi connectivity index (χ0n) is 19.3. The van der Waals surface area contributed by atoms with E-state index in [1.54, 1.807) is 22.5 Å². The van der Waals surface area contributed by atoms with Gasteiger partial charge in [-0.25, -0.2) is 8.42 Å². The maximum Gasteiger partial charge on any atom is 0.270 e. The van der Waals surface area contributed by atoms with Crippen molar-refractivity contribution in [1.29, 1.82) is 0 Å². The van der Waals surface area contributed by atoms with Gasteiger partial charge in [-0.15, -0.1) is 0 Å². The molecule has 2 aliphatic heterocycles. The van der Waals surface area contributed by atoms with Crippen molar-refractivity contribution >= 4 is 26.8 Å². The number of sulfonamides is 1. The molecule has 0 bridgehead atoms. The van der Waals surface area contributed by atoms with E-state index in [-0.39, 0.29) is 5.91 Å². The number of aromatic nitrogens is 1. The Morgan fingerprint density at radius 1 is 0.935 bits per heavy atom. The Hall–Kier alpha value is -1.86. The van der Waals surface area contributed by atoms with Crippen molar-refractivity contribution in [2.24, 2.45) is 23.7 Å². The third-order valence-electron chi connectivity index (χ3n) is 6.87. The monoisotopic (exact) mass is 445 g/mol. The molecule has 4 rings (SSSR count). The third kappa shape index (κ3) is 4.27. The van der Waals surface area contributed by atoms with Gasteiger partial charge in [0.1, 0.15) is 5.69 Å². The number of aryl methyl sites for hydroxylation is 1. The molecule has 0 spiro atoms. The molecule has 0 saturated carbocycles. The summed E-state index contributed by atoms with van der Waals surface area (Å²) in [4.78, 5) is 18.8. The third-order valence-corrected chi connectivity index (χ3v) is 8.70. The Morgan fingerprint density at radius 2 is 1.48 bits per heavy atom. The molecule has 2 fully saturated rings. The highest BCUT2D eigenvalue weighted by atomic mass is 32.2. The summed E-state index contributed by atoms with van der Waals surface area (Å²) >= 11 is 0. The van der Waals surface area contributed by atoms with Crippen molar-refractivity contribution in [3.05, 3.63) is 29.5 Å². The minimum Gasteiger partial charge on any atom is -0.350 e. The number of H-pyrrole nitrogens is 1. The molecule has 2 saturated heterocycles. The average molecular weight is 446 g/mol. The van der Waals surface area contributed by atoms with Crippen molar-refractivity contribution in [2.75, 3.05) is 26.2 Å². The van der Waals surface area contributed by atoms with Crippen LogP contribution in [0.4, 0.5) is 0 Å². The fourth-order valence-electron chi connectivity index (χ4n) is 5.62. The van der Waals surface area contributed by atoms with Gasteiger partial charge in [-0.1, -0.05) is 27.7 Å². The van der Waals surface area contributed by atoms with Gasteiger partial charge in [0.2, 0.25) is 10.0 Å². The average Bonchev–Trinajstić information content (AvgIpc) is 3.02. The van der Waals surface area contributed by atoms with Gasteiger partial charge in [0, 0.05) is 37.1 Å². The number of piperidine rings is 2. The molecule has 2 aliphatic rings. The maximum atomic E-state index is 13.3. The highest BCUT2D eigenvalue weighted by molar-refractivity contribution is 7.89. The van der Waals surface area contributed by atoms with E-state index in [4.69, 9.17) is 0 Å². The number of hydrogen-bond acceptors (Lipinski definition) is 3. The van der Waals surface area contributed by atoms with Crippen LogP contribution in [-0.2, 0) is 10.0 Å². The number of amides is 1. The highest BCUT2D eigenvalue weighted by Gasteiger charge is 2.33. The van der Waals surface area contributed by atoms with E-state index in [1.165, 1.54) is 0 Å². The lowest BCUT2D eigenvalue weighted by atomic mass is 9.91. The van der Waals surface area contributed by atoms with Crippen molar-refractivity contribution in [3.8, 4) is 0 Å². The van der Waals surface area contributed by atoms with E-state index in [0.717, 1.165) is 42.4 Å². The number of hydrogen-bond donors (Lipinski definition) is 1. The van der Waals surface area contributed by atoms with E-state index in [0.29, 0.717) is 47.4 Å². The van der Waals surface area contributed by atoms with E-state index in [1.807, 2.05) is 11.8 Å². The van der Waals surface area contributed by atoms with Crippen LogP contribution in [0.1, 0.15) is 56.6 Å². The van der Waals surface area contributed by atoms with Crippen LogP contribution in [0, 0.1) is 30.6 Å². The summed E-state index contributed by atoms with van der Waals surface area (Å²) < 4.78 is 28.3. The van der Waals surface area contributed by atoms with Crippen molar-refractivity contribution in [3.63, 3.8) is 0 Å². The molecule has 4 atom stereocenters. The molecule has 2 aromatic rings. The highest BCUT2D eigenvalue weighted by Crippen LogP contribution is 2.31. The molecule has 4 unspecified atom stereocenters. The molecule has 6 nitrogen and oxygen atoms in total. The van der Waals surface area contributed by atoms with Gasteiger partial charge in [0.15, 0.2) is 0 Å². The number of nitrogens with zero attached hydrogens (tertiary/aromatic N) is 2. The molecule has 1 amide bonds. The molecule has 1 aromatic heterocycles. The quantitative estimate of drug-likeness (QED) is 0.767. The lowest BCUT2D eigenvalue weighted by Crippen LogP contribution is -2.42. The van der Waals surface area contributed by atoms with Gasteiger partial charge in [-0.3, -0.25) is 4.79 Å². The van der Waals surface area contributed by atoms with Crippen LogP contribution in [0.25, 0.3) is 10.9 Å². The van der Waals surface area contributed by atoms with Gasteiger partial charge in [0.05, 0.1) is 4.90 Å². The fourth-order valence-corrected chi connectivity index (χ4v) is 7.32. The van der Waals surface area contributed by atoms with Gasteiger partial charge < -0.3 is 9.88 Å². The molecular weight excluding hydrogens is 410 g/mol. The number of carbonyl (C=O) groups excluding carboxylic acids is 1. The number of aromatic amines is 1. The summed E-state index contributed by atoms with van der Waals surface area (Å²) in [5.74, 6) is 1.70. The summed E-state index contributed by atoms with van der Waals surface area (Å²) in [5, 5.41) is 0.806. The summed E-state index contributed by atoms with van der Waals surface area (Å²) in [6, 6.07) is 5.19. The first-order chi connectivity index (χ1) is 14.6. The van der Waals surface area contributed by atoms with Crippen LogP contribution in [-0.4, -0.2) is 54.7 Å². The lowest BCUT2D eigenvalue weighted by Gasteiger charge is -2.34. The molecule has 1 N–H and O–H groups in total. The Morgan fingerprint density at radius 3 is 2.06 bits per heavy atom. The van der Waals surface area contributed by atoms with Gasteiger partial charge >= 0.3 is 0 Å². The number of fused-ring (bicyclic) bond motifs is 1. The van der Waals surface area contributed by atoms with Crippen LogP contribution in [0.15, 0.2) is 23.1 Å². The molecule has 0 aliphatic carbocycles. The first-order valence-electron chi connectivity index (χ1n) is 11.5. The Labute approximate surface area is 186 Å². The summed E-state index contributed by atoms with van der Waals surface area (Å²) in [5.41, 5.74) is 2.20. The van der Waals surface area contributed by atoms with E-state index in [2.05, 4.69) is 32.7 Å². The van der Waals surface area contributed by atoms with Gasteiger partial charge in [-0.05, 0) is 67.2 Å². The first kappa shape index (κ1) is 22.3. The molecule has 170 valence electrons. The van der Waals surface area contributed by atoms with Crippen LogP contribution >= 0.6 is 0 Å². The molecule has 3 heterocycles. The molecule has 0 radical (unpaired) electrons. The second kappa shape index (κ2) is 8.24. The zero-order valence-corrected chi connectivity index (χ0v) is 20.1. The molecule has 1 aromatic carbocycles. The smallest absolute Gasteiger partial charge is 0.270 e. The standard InChI is InChI=1S/C24H35N3O3S/c1-15-8-16(2)12-26(11-15)24(28)23-19(5)21-10-20(6-7-22(21)25-23)31(29,30)27-13-17(3)9-18(4)14-27/h6-7,10,15-18,25H,8-9,11-14H2,1-5H3. The molecule has 7 heteroatoms. The Kier molecular flexibility index (Phi) is 5.94. The van der Waals surface area contributed by atoms with Crippen molar-refractivity contribution in [2.45, 2.75) is 52.4 Å². The second-order valence-electron chi connectivity index (χ2n) is 10.3. The topological polar surface area (TPSA) is 73.5 Å². The number of rotatable bonds is 3. The van der Waals surface area contributed by atoms with Crippen LogP contribution in [0.5, 0.6) is 0 Å². The normalized spacial score (nSPS) is 28.2. The summed E-state index contributed by atoms with van der Waals surface area (Å²) in [6.45, 7) is 13.2. The van der Waals surface area contributed by atoms with Crippen molar-refractivity contribution < 1.29 is 13.2 Å². The summed E-state index contributed by atoms with van der Waals surface area (Å²) in [7, 11) is -3.56. The van der Waals surface area contributed by atoms with E-state index in [9.17, 15) is 13.2 Å². The molecular formula is C24H35N3O3S. The Balaban J connectivity index is 1.66. The first-order valence-corrected chi connectivity index (χ1v) is 12.9. The number of benzene rings is 1. The lowest BCUT2D eigenvalue weighted by molar-refractivity contribution is 0.0617. The minimum atomic E-state index is -3.56. The van der Waals surface area contributed by atoms with Gasteiger partial charge in [0.25, 0.3) is 5.91 Å². The number of carbonyl (C=O) groups is 1. The van der Waals surface area contributed by atoms with Crippen LogP contribution in [0.3, 0.4) is 0 Å². The number of nitrogens with one attached hydrogen (secondary N) is 1.